The van der Waals surface area contributed by atoms with Gasteiger partial charge in [0.1, 0.15) is 6.04 Å². The normalized spacial score (nSPS) is 22.2. The van der Waals surface area contributed by atoms with Gasteiger partial charge >= 0.3 is 0 Å². The highest BCUT2D eigenvalue weighted by Crippen LogP contribution is 2.12. The van der Waals surface area contributed by atoms with E-state index in [1.807, 2.05) is 6.92 Å². The summed E-state index contributed by atoms with van der Waals surface area (Å²) in [5.41, 5.74) is 0. The molecule has 2 rings (SSSR count). The number of aromatic nitrogens is 2. The molecule has 0 saturated carbocycles. The Hall–Kier alpha value is -1.47. The first-order valence-corrected chi connectivity index (χ1v) is 5.54. The van der Waals surface area contributed by atoms with Crippen LogP contribution >= 0.6 is 0 Å². The van der Waals surface area contributed by atoms with Crippen molar-refractivity contribution in [3.8, 4) is 0 Å². The molecule has 7 nitrogen and oxygen atoms in total. The number of piperazine rings is 1. The smallest absolute Gasteiger partial charge is 0.245 e. The van der Waals surface area contributed by atoms with Gasteiger partial charge in [0.05, 0.1) is 12.6 Å². The lowest BCUT2D eigenvalue weighted by Crippen LogP contribution is -2.47. The standard InChI is InChI=1S/C10H16N4O3/c1-6(16-2)3-8-13-10(17-14-8)7-4-12-9(15)5-11-7/h6-7,11H,3-5H2,1-2H3,(H,12,15). The van der Waals surface area contributed by atoms with Gasteiger partial charge in [-0.2, -0.15) is 4.98 Å². The van der Waals surface area contributed by atoms with Crippen LogP contribution in [0.1, 0.15) is 24.7 Å². The molecule has 17 heavy (non-hydrogen) atoms. The summed E-state index contributed by atoms with van der Waals surface area (Å²) in [6, 6.07) is -0.105. The van der Waals surface area contributed by atoms with Gasteiger partial charge in [-0.05, 0) is 6.92 Å². The molecular weight excluding hydrogens is 224 g/mol. The number of methoxy groups -OCH3 is 1. The molecule has 1 aromatic heterocycles. The fourth-order valence-corrected chi connectivity index (χ4v) is 1.57. The maximum Gasteiger partial charge on any atom is 0.245 e. The van der Waals surface area contributed by atoms with E-state index in [0.29, 0.717) is 24.7 Å². The molecule has 2 N–H and O–H groups in total. The molecule has 7 heteroatoms. The van der Waals surface area contributed by atoms with Crippen molar-refractivity contribution in [2.24, 2.45) is 0 Å². The number of ether oxygens (including phenoxy) is 1. The SMILES string of the molecule is COC(C)Cc1noc(C2CNC(=O)CN2)n1. The molecule has 0 spiro atoms. The van der Waals surface area contributed by atoms with Gasteiger partial charge in [0.2, 0.25) is 11.8 Å². The first-order valence-electron chi connectivity index (χ1n) is 5.54. The number of carbonyl (C=O) groups is 1. The lowest BCUT2D eigenvalue weighted by Gasteiger charge is -2.20. The summed E-state index contributed by atoms with van der Waals surface area (Å²) in [5.74, 6) is 1.10. The van der Waals surface area contributed by atoms with Crippen LogP contribution in [0.3, 0.4) is 0 Å². The summed E-state index contributed by atoms with van der Waals surface area (Å²) in [4.78, 5) is 15.2. The van der Waals surface area contributed by atoms with Crippen LogP contribution in [-0.4, -0.2) is 42.4 Å². The quantitative estimate of drug-likeness (QED) is 0.731. The second kappa shape index (κ2) is 5.24. The highest BCUT2D eigenvalue weighted by molar-refractivity contribution is 5.78. The first-order chi connectivity index (χ1) is 8.19. The van der Waals surface area contributed by atoms with E-state index < -0.39 is 0 Å². The van der Waals surface area contributed by atoms with E-state index in [0.717, 1.165) is 0 Å². The minimum absolute atomic E-state index is 0.0195. The lowest BCUT2D eigenvalue weighted by molar-refractivity contribution is -0.121. The Morgan fingerprint density at radius 2 is 2.47 bits per heavy atom. The van der Waals surface area contributed by atoms with E-state index >= 15 is 0 Å². The third-order valence-corrected chi connectivity index (χ3v) is 2.67. The molecule has 0 bridgehead atoms. The molecular formula is C10H16N4O3. The zero-order valence-corrected chi connectivity index (χ0v) is 9.90. The van der Waals surface area contributed by atoms with Crippen molar-refractivity contribution in [1.82, 2.24) is 20.8 Å². The summed E-state index contributed by atoms with van der Waals surface area (Å²) in [7, 11) is 1.64. The number of nitrogens with zero attached hydrogens (tertiary/aromatic N) is 2. The molecule has 1 amide bonds. The molecule has 1 aromatic rings. The van der Waals surface area contributed by atoms with Crippen LogP contribution < -0.4 is 10.6 Å². The molecule has 2 unspecified atom stereocenters. The van der Waals surface area contributed by atoms with Crippen molar-refractivity contribution >= 4 is 5.91 Å². The monoisotopic (exact) mass is 240 g/mol. The highest BCUT2D eigenvalue weighted by atomic mass is 16.5. The molecule has 0 aliphatic carbocycles. The van der Waals surface area contributed by atoms with Crippen molar-refractivity contribution in [2.45, 2.75) is 25.5 Å². The Morgan fingerprint density at radius 3 is 3.12 bits per heavy atom. The zero-order valence-electron chi connectivity index (χ0n) is 9.90. The highest BCUT2D eigenvalue weighted by Gasteiger charge is 2.24. The second-order valence-corrected chi connectivity index (χ2v) is 4.04. The Morgan fingerprint density at radius 1 is 1.65 bits per heavy atom. The van der Waals surface area contributed by atoms with Crippen LogP contribution in [0, 0.1) is 0 Å². The maximum atomic E-state index is 11.0. The molecule has 94 valence electrons. The second-order valence-electron chi connectivity index (χ2n) is 4.04. The fraction of sp³-hybridized carbons (Fsp3) is 0.700. The summed E-state index contributed by atoms with van der Waals surface area (Å²) in [6.45, 7) is 2.69. The fourth-order valence-electron chi connectivity index (χ4n) is 1.57. The average Bonchev–Trinajstić information content (AvgIpc) is 2.78. The summed E-state index contributed by atoms with van der Waals surface area (Å²) in [5, 5.41) is 9.64. The minimum Gasteiger partial charge on any atom is -0.381 e. The van der Waals surface area contributed by atoms with Gasteiger partial charge in [0, 0.05) is 20.1 Å². The van der Waals surface area contributed by atoms with Crippen LogP contribution in [-0.2, 0) is 16.0 Å². The van der Waals surface area contributed by atoms with Gasteiger partial charge in [-0.15, -0.1) is 0 Å². The van der Waals surface area contributed by atoms with E-state index in [2.05, 4.69) is 20.8 Å². The number of nitrogens with one attached hydrogen (secondary N) is 2. The number of hydrogen-bond acceptors (Lipinski definition) is 6. The number of rotatable bonds is 4. The summed E-state index contributed by atoms with van der Waals surface area (Å²) in [6.07, 6.45) is 0.665. The predicted molar refractivity (Wildman–Crippen MR) is 58.2 cm³/mol. The van der Waals surface area contributed by atoms with Crippen LogP contribution in [0.4, 0.5) is 0 Å². The Balaban J connectivity index is 1.95. The average molecular weight is 240 g/mol. The first kappa shape index (κ1) is 12.0. The van der Waals surface area contributed by atoms with E-state index in [-0.39, 0.29) is 24.6 Å². The van der Waals surface area contributed by atoms with E-state index in [1.54, 1.807) is 7.11 Å². The van der Waals surface area contributed by atoms with Gasteiger partial charge < -0.3 is 14.6 Å². The van der Waals surface area contributed by atoms with Crippen LogP contribution in [0.5, 0.6) is 0 Å². The van der Waals surface area contributed by atoms with Crippen molar-refractivity contribution < 1.29 is 14.1 Å². The third kappa shape index (κ3) is 3.01. The number of amides is 1. The Bertz CT molecular complexity index is 383. The largest absolute Gasteiger partial charge is 0.381 e. The molecule has 0 aromatic carbocycles. The molecule has 1 saturated heterocycles. The number of carbonyl (C=O) groups excluding carboxylic acids is 1. The molecule has 0 radical (unpaired) electrons. The van der Waals surface area contributed by atoms with E-state index in [4.69, 9.17) is 9.26 Å². The van der Waals surface area contributed by atoms with Crippen molar-refractivity contribution in [2.75, 3.05) is 20.2 Å². The summed E-state index contributed by atoms with van der Waals surface area (Å²) >= 11 is 0. The van der Waals surface area contributed by atoms with Gasteiger partial charge in [-0.1, -0.05) is 5.16 Å². The van der Waals surface area contributed by atoms with Crippen molar-refractivity contribution in [3.63, 3.8) is 0 Å². The minimum atomic E-state index is -0.105. The van der Waals surface area contributed by atoms with Gasteiger partial charge in [-0.3, -0.25) is 10.1 Å². The van der Waals surface area contributed by atoms with Crippen molar-refractivity contribution in [3.05, 3.63) is 11.7 Å². The van der Waals surface area contributed by atoms with Gasteiger partial charge in [0.15, 0.2) is 5.82 Å². The van der Waals surface area contributed by atoms with Crippen LogP contribution in [0.25, 0.3) is 0 Å². The third-order valence-electron chi connectivity index (χ3n) is 2.67. The Kier molecular flexibility index (Phi) is 3.70. The predicted octanol–water partition coefficient (Wildman–Crippen LogP) is -0.592. The van der Waals surface area contributed by atoms with E-state index in [9.17, 15) is 4.79 Å². The van der Waals surface area contributed by atoms with Gasteiger partial charge in [-0.25, -0.2) is 0 Å². The van der Waals surface area contributed by atoms with Crippen LogP contribution in [0.2, 0.25) is 0 Å². The summed E-state index contributed by atoms with van der Waals surface area (Å²) < 4.78 is 10.3. The lowest BCUT2D eigenvalue weighted by atomic mass is 10.2. The van der Waals surface area contributed by atoms with Gasteiger partial charge in [0.25, 0.3) is 0 Å². The molecule has 1 fully saturated rings. The van der Waals surface area contributed by atoms with Crippen molar-refractivity contribution in [1.29, 1.82) is 0 Å². The molecule has 2 heterocycles. The molecule has 2 atom stereocenters. The maximum absolute atomic E-state index is 11.0. The molecule has 1 aliphatic rings. The van der Waals surface area contributed by atoms with E-state index in [1.165, 1.54) is 0 Å². The topological polar surface area (TPSA) is 89.3 Å². The number of hydrogen-bond donors (Lipinski definition) is 2. The molecule has 1 aliphatic heterocycles. The Labute approximate surface area is 98.9 Å². The van der Waals surface area contributed by atoms with Crippen LogP contribution in [0.15, 0.2) is 4.52 Å². The zero-order chi connectivity index (χ0) is 12.3.